The van der Waals surface area contributed by atoms with Crippen LogP contribution < -0.4 is 11.0 Å². The van der Waals surface area contributed by atoms with Crippen molar-refractivity contribution in [3.05, 3.63) is 39.7 Å². The van der Waals surface area contributed by atoms with Crippen molar-refractivity contribution in [2.24, 2.45) is 0 Å². The quantitative estimate of drug-likeness (QED) is 0.889. The van der Waals surface area contributed by atoms with E-state index in [-0.39, 0.29) is 11.7 Å². The molecule has 1 amide bonds. The first-order chi connectivity index (χ1) is 10.1. The van der Waals surface area contributed by atoms with Crippen LogP contribution in [0, 0.1) is 6.92 Å². The van der Waals surface area contributed by atoms with E-state index in [1.165, 1.54) is 0 Å². The zero-order chi connectivity index (χ0) is 15.0. The van der Waals surface area contributed by atoms with Crippen LogP contribution in [0.5, 0.6) is 0 Å². The maximum Gasteiger partial charge on any atom is 0.347 e. The lowest BCUT2D eigenvalue weighted by Crippen LogP contribution is -2.21. The highest BCUT2D eigenvalue weighted by atomic mass is 16.2. The van der Waals surface area contributed by atoms with E-state index >= 15 is 0 Å². The van der Waals surface area contributed by atoms with Gasteiger partial charge in [-0.1, -0.05) is 0 Å². The average Bonchev–Trinajstić information content (AvgIpc) is 3.16. The molecule has 2 aromatic heterocycles. The summed E-state index contributed by atoms with van der Waals surface area (Å²) in [5.74, 6) is 0.441. The molecule has 1 aliphatic rings. The number of rotatable bonds is 4. The summed E-state index contributed by atoms with van der Waals surface area (Å²) < 4.78 is 1.68. The highest BCUT2D eigenvalue weighted by molar-refractivity contribution is 6.02. The number of nitrogens with one attached hydrogen (secondary N) is 2. The lowest BCUT2D eigenvalue weighted by Gasteiger charge is -2.06. The number of carbonyl (C=O) groups is 1. The number of amides is 1. The van der Waals surface area contributed by atoms with Crippen molar-refractivity contribution in [1.82, 2.24) is 19.7 Å². The molecule has 2 N–H and O–H groups in total. The van der Waals surface area contributed by atoms with Crippen molar-refractivity contribution in [3.63, 3.8) is 0 Å². The summed E-state index contributed by atoms with van der Waals surface area (Å²) in [7, 11) is 0. The third kappa shape index (κ3) is 2.86. The third-order valence-electron chi connectivity index (χ3n) is 3.45. The minimum absolute atomic E-state index is 0.248. The first-order valence-corrected chi connectivity index (χ1v) is 7.04. The van der Waals surface area contributed by atoms with E-state index in [9.17, 15) is 9.59 Å². The number of aryl methyl sites for hydroxylation is 2. The molecule has 2 heterocycles. The van der Waals surface area contributed by atoms with E-state index in [0.29, 0.717) is 23.9 Å². The van der Waals surface area contributed by atoms with E-state index in [4.69, 9.17) is 0 Å². The zero-order valence-corrected chi connectivity index (χ0v) is 12.0. The lowest BCUT2D eigenvalue weighted by atomic mass is 10.2. The Bertz CT molecular complexity index is 742. The second kappa shape index (κ2) is 5.16. The van der Waals surface area contributed by atoms with Gasteiger partial charge in [-0.25, -0.2) is 4.79 Å². The number of H-pyrrole nitrogens is 1. The lowest BCUT2D eigenvalue weighted by molar-refractivity contribution is 0.101. The fourth-order valence-electron chi connectivity index (χ4n) is 2.26. The van der Waals surface area contributed by atoms with Crippen molar-refractivity contribution < 1.29 is 4.79 Å². The highest BCUT2D eigenvalue weighted by Gasteiger charge is 2.28. The van der Waals surface area contributed by atoms with Gasteiger partial charge in [0.2, 0.25) is 0 Å². The Balaban J connectivity index is 1.85. The molecular formula is C14H17N5O2. The fourth-order valence-corrected chi connectivity index (χ4v) is 2.26. The van der Waals surface area contributed by atoms with Crippen molar-refractivity contribution in [2.45, 2.75) is 39.2 Å². The minimum Gasteiger partial charge on any atom is -0.310 e. The van der Waals surface area contributed by atoms with Crippen LogP contribution in [0.4, 0.5) is 5.82 Å². The van der Waals surface area contributed by atoms with Crippen LogP contribution in [-0.2, 0) is 6.54 Å². The second-order valence-electron chi connectivity index (χ2n) is 5.25. The van der Waals surface area contributed by atoms with Crippen LogP contribution in [0.2, 0.25) is 0 Å². The first-order valence-electron chi connectivity index (χ1n) is 7.04. The smallest absolute Gasteiger partial charge is 0.310 e. The largest absolute Gasteiger partial charge is 0.347 e. The van der Waals surface area contributed by atoms with Crippen LogP contribution in [-0.4, -0.2) is 25.7 Å². The van der Waals surface area contributed by atoms with E-state index < -0.39 is 5.69 Å². The molecule has 2 aromatic rings. The Morgan fingerprint density at radius 1 is 1.48 bits per heavy atom. The molecule has 1 saturated carbocycles. The van der Waals surface area contributed by atoms with E-state index in [0.717, 1.165) is 18.5 Å². The summed E-state index contributed by atoms with van der Waals surface area (Å²) in [6.45, 7) is 4.30. The maximum atomic E-state index is 12.3. The highest BCUT2D eigenvalue weighted by Crippen LogP contribution is 2.39. The van der Waals surface area contributed by atoms with Gasteiger partial charge in [-0.2, -0.15) is 10.1 Å². The van der Waals surface area contributed by atoms with Crippen molar-refractivity contribution in [1.29, 1.82) is 0 Å². The SMILES string of the molecule is CCn1nc(C2CC2)cc1C(=O)Nc1cc(C)[nH]c(=O)n1. The molecule has 110 valence electrons. The van der Waals surface area contributed by atoms with E-state index in [1.807, 2.05) is 13.0 Å². The molecule has 7 nitrogen and oxygen atoms in total. The summed E-state index contributed by atoms with van der Waals surface area (Å²) in [6.07, 6.45) is 2.27. The van der Waals surface area contributed by atoms with Gasteiger partial charge >= 0.3 is 5.69 Å². The van der Waals surface area contributed by atoms with Crippen LogP contribution in [0.15, 0.2) is 16.9 Å². The number of anilines is 1. The standard InChI is InChI=1S/C14H17N5O2/c1-3-19-11(7-10(18-19)9-4-5-9)13(20)16-12-6-8(2)15-14(21)17-12/h6-7,9H,3-5H2,1-2H3,(H2,15,16,17,20,21). The molecule has 21 heavy (non-hydrogen) atoms. The van der Waals surface area contributed by atoms with Crippen molar-refractivity contribution in [2.75, 3.05) is 5.32 Å². The van der Waals surface area contributed by atoms with E-state index in [1.54, 1.807) is 17.7 Å². The number of aromatic amines is 1. The molecule has 0 aliphatic heterocycles. The van der Waals surface area contributed by atoms with Gasteiger partial charge < -0.3 is 10.3 Å². The topological polar surface area (TPSA) is 92.7 Å². The Hall–Kier alpha value is -2.44. The fraction of sp³-hybridized carbons (Fsp3) is 0.429. The zero-order valence-electron chi connectivity index (χ0n) is 12.0. The van der Waals surface area contributed by atoms with Gasteiger partial charge in [0.1, 0.15) is 11.5 Å². The Morgan fingerprint density at radius 3 is 2.86 bits per heavy atom. The van der Waals surface area contributed by atoms with Gasteiger partial charge in [0, 0.05) is 24.2 Å². The number of nitrogens with zero attached hydrogens (tertiary/aromatic N) is 3. The minimum atomic E-state index is -0.479. The predicted molar refractivity (Wildman–Crippen MR) is 77.4 cm³/mol. The Kier molecular flexibility index (Phi) is 3.32. The predicted octanol–water partition coefficient (Wildman–Crippen LogP) is 1.42. The summed E-state index contributed by atoms with van der Waals surface area (Å²) in [6, 6.07) is 3.45. The van der Waals surface area contributed by atoms with Crippen LogP contribution >= 0.6 is 0 Å². The van der Waals surface area contributed by atoms with Crippen LogP contribution in [0.3, 0.4) is 0 Å². The molecule has 3 rings (SSSR count). The second-order valence-corrected chi connectivity index (χ2v) is 5.25. The molecule has 1 fully saturated rings. The molecule has 0 unspecified atom stereocenters. The molecular weight excluding hydrogens is 270 g/mol. The van der Waals surface area contributed by atoms with Gasteiger partial charge in [-0.15, -0.1) is 0 Å². The summed E-state index contributed by atoms with van der Waals surface area (Å²) in [5.41, 5.74) is 1.64. The van der Waals surface area contributed by atoms with Gasteiger partial charge in [0.15, 0.2) is 0 Å². The summed E-state index contributed by atoms with van der Waals surface area (Å²) in [4.78, 5) is 29.9. The number of hydrogen-bond donors (Lipinski definition) is 2. The Morgan fingerprint density at radius 2 is 2.24 bits per heavy atom. The molecule has 0 bridgehead atoms. The van der Waals surface area contributed by atoms with Crippen LogP contribution in [0.1, 0.15) is 47.6 Å². The molecule has 1 aliphatic carbocycles. The first kappa shape index (κ1) is 13.5. The summed E-state index contributed by atoms with van der Waals surface area (Å²) in [5, 5.41) is 7.11. The summed E-state index contributed by atoms with van der Waals surface area (Å²) >= 11 is 0. The van der Waals surface area contributed by atoms with Gasteiger partial charge in [-0.3, -0.25) is 9.48 Å². The maximum absolute atomic E-state index is 12.3. The monoisotopic (exact) mass is 287 g/mol. The molecule has 0 saturated heterocycles. The molecule has 0 atom stereocenters. The molecule has 7 heteroatoms. The van der Waals surface area contributed by atoms with Crippen molar-refractivity contribution in [3.8, 4) is 0 Å². The van der Waals surface area contributed by atoms with Gasteiger partial charge in [0.25, 0.3) is 5.91 Å². The number of aromatic nitrogens is 4. The van der Waals surface area contributed by atoms with Gasteiger partial charge in [0.05, 0.1) is 5.69 Å². The normalized spacial score (nSPS) is 14.2. The van der Waals surface area contributed by atoms with E-state index in [2.05, 4.69) is 20.4 Å². The average molecular weight is 287 g/mol. The van der Waals surface area contributed by atoms with Crippen molar-refractivity contribution >= 4 is 11.7 Å². The number of carbonyl (C=O) groups excluding carboxylic acids is 1. The van der Waals surface area contributed by atoms with Crippen LogP contribution in [0.25, 0.3) is 0 Å². The molecule has 0 aromatic carbocycles. The Labute approximate surface area is 121 Å². The number of hydrogen-bond acceptors (Lipinski definition) is 4. The third-order valence-corrected chi connectivity index (χ3v) is 3.45. The molecule has 0 spiro atoms. The van der Waals surface area contributed by atoms with Gasteiger partial charge in [-0.05, 0) is 32.8 Å². The molecule has 0 radical (unpaired) electrons.